The van der Waals surface area contributed by atoms with Crippen molar-refractivity contribution in [3.8, 4) is 28.3 Å². The molecular weight excluding hydrogens is 419 g/mol. The van der Waals surface area contributed by atoms with E-state index >= 15 is 0 Å². The molecule has 1 N–H and O–H groups in total. The lowest BCUT2D eigenvalue weighted by molar-refractivity contribution is 0.0994. The fourth-order valence-electron chi connectivity index (χ4n) is 2.93. The van der Waals surface area contributed by atoms with Crippen molar-refractivity contribution in [1.29, 1.82) is 0 Å². The molecule has 0 bridgehead atoms. The molecule has 0 saturated heterocycles. The molecule has 0 unspecified atom stereocenters. The molecule has 0 aliphatic rings. The third kappa shape index (κ3) is 4.39. The summed E-state index contributed by atoms with van der Waals surface area (Å²) in [5.41, 5.74) is 2.46. The largest absolute Gasteiger partial charge is 0.494 e. The fraction of sp³-hybridized carbons (Fsp3) is 0.0870. The van der Waals surface area contributed by atoms with Gasteiger partial charge in [0.05, 0.1) is 12.8 Å². The smallest absolute Gasteiger partial charge is 0.293 e. The van der Waals surface area contributed by atoms with Gasteiger partial charge in [-0.05, 0) is 37.3 Å². The number of anilines is 1. The van der Waals surface area contributed by atoms with Crippen LogP contribution in [0.25, 0.3) is 22.6 Å². The van der Waals surface area contributed by atoms with Gasteiger partial charge >= 0.3 is 0 Å². The topological polar surface area (TPSA) is 81.4 Å². The molecule has 6 nitrogen and oxygen atoms in total. The second kappa shape index (κ2) is 8.53. The van der Waals surface area contributed by atoms with Crippen molar-refractivity contribution in [3.63, 3.8) is 0 Å². The van der Waals surface area contributed by atoms with Crippen molar-refractivity contribution in [1.82, 2.24) is 4.98 Å². The van der Waals surface area contributed by atoms with Crippen LogP contribution in [0.1, 0.15) is 27.8 Å². The number of nitrogens with one attached hydrogen (secondary N) is 1. The highest BCUT2D eigenvalue weighted by atomic mass is 32.1. The highest BCUT2D eigenvalue weighted by Crippen LogP contribution is 2.29. The first-order chi connectivity index (χ1) is 14.9. The minimum absolute atomic E-state index is 0.0220. The standard InChI is InChI=1S/C23H17FN2O4S/c1-13(27)14-3-5-15(6-4-14)19-9-10-21(30-19)22(28)26-23-25-18(12-31-23)16-7-8-20(29-2)17(24)11-16/h3-12H,1-2H3,(H,25,26,28). The van der Waals surface area contributed by atoms with Gasteiger partial charge < -0.3 is 9.15 Å². The zero-order chi connectivity index (χ0) is 22.0. The summed E-state index contributed by atoms with van der Waals surface area (Å²) in [6.45, 7) is 1.50. The molecule has 2 heterocycles. The van der Waals surface area contributed by atoms with Crippen LogP contribution < -0.4 is 10.1 Å². The predicted molar refractivity (Wildman–Crippen MR) is 116 cm³/mol. The first-order valence-electron chi connectivity index (χ1n) is 9.26. The number of ether oxygens (including phenoxy) is 1. The fourth-order valence-corrected chi connectivity index (χ4v) is 3.65. The summed E-state index contributed by atoms with van der Waals surface area (Å²) >= 11 is 1.22. The first kappa shape index (κ1) is 20.5. The second-order valence-corrected chi connectivity index (χ2v) is 7.50. The van der Waals surface area contributed by atoms with Crippen molar-refractivity contribution in [2.45, 2.75) is 6.92 Å². The molecule has 0 radical (unpaired) electrons. The molecule has 0 atom stereocenters. The Morgan fingerprint density at radius 3 is 2.48 bits per heavy atom. The maximum Gasteiger partial charge on any atom is 0.293 e. The number of furan rings is 1. The van der Waals surface area contributed by atoms with Gasteiger partial charge in [0.25, 0.3) is 5.91 Å². The van der Waals surface area contributed by atoms with Crippen LogP contribution in [-0.2, 0) is 0 Å². The van der Waals surface area contributed by atoms with Crippen LogP contribution in [0.3, 0.4) is 0 Å². The van der Waals surface area contributed by atoms with E-state index in [1.54, 1.807) is 47.8 Å². The number of amides is 1. The Kier molecular flexibility index (Phi) is 5.64. The van der Waals surface area contributed by atoms with Gasteiger partial charge in [-0.1, -0.05) is 24.3 Å². The molecule has 8 heteroatoms. The average molecular weight is 436 g/mol. The van der Waals surface area contributed by atoms with E-state index in [-0.39, 0.29) is 17.3 Å². The normalized spacial score (nSPS) is 10.7. The molecule has 0 saturated carbocycles. The molecule has 0 fully saturated rings. The van der Waals surface area contributed by atoms with Crippen LogP contribution >= 0.6 is 11.3 Å². The second-order valence-electron chi connectivity index (χ2n) is 6.64. The molecule has 2 aromatic carbocycles. The van der Waals surface area contributed by atoms with Gasteiger partial charge in [-0.2, -0.15) is 0 Å². The number of benzene rings is 2. The van der Waals surface area contributed by atoms with Crippen LogP contribution in [0.4, 0.5) is 9.52 Å². The van der Waals surface area contributed by atoms with Crippen LogP contribution in [0.5, 0.6) is 5.75 Å². The Balaban J connectivity index is 1.47. The third-order valence-electron chi connectivity index (χ3n) is 4.58. The van der Waals surface area contributed by atoms with Gasteiger partial charge in [0.1, 0.15) is 5.76 Å². The van der Waals surface area contributed by atoms with Gasteiger partial charge in [0.2, 0.25) is 0 Å². The van der Waals surface area contributed by atoms with Crippen molar-refractivity contribution in [2.24, 2.45) is 0 Å². The maximum atomic E-state index is 13.9. The molecular formula is C23H17FN2O4S. The zero-order valence-electron chi connectivity index (χ0n) is 16.6. The van der Waals surface area contributed by atoms with Gasteiger partial charge in [0, 0.05) is 22.1 Å². The van der Waals surface area contributed by atoms with Gasteiger partial charge in [0.15, 0.2) is 28.2 Å². The van der Waals surface area contributed by atoms with Crippen molar-refractivity contribution in [3.05, 3.63) is 77.1 Å². The molecule has 4 aromatic rings. The van der Waals surface area contributed by atoms with E-state index in [0.717, 1.165) is 5.56 Å². The Hall–Kier alpha value is -3.78. The maximum absolute atomic E-state index is 13.9. The molecule has 2 aromatic heterocycles. The number of carbonyl (C=O) groups excluding carboxylic acids is 2. The van der Waals surface area contributed by atoms with Gasteiger partial charge in [-0.25, -0.2) is 9.37 Å². The summed E-state index contributed by atoms with van der Waals surface area (Å²) in [7, 11) is 1.40. The van der Waals surface area contributed by atoms with E-state index in [4.69, 9.17) is 9.15 Å². The molecule has 156 valence electrons. The summed E-state index contributed by atoms with van der Waals surface area (Å²) in [6, 6.07) is 14.7. The number of rotatable bonds is 6. The number of aromatic nitrogens is 1. The Bertz CT molecular complexity index is 1260. The Morgan fingerprint density at radius 1 is 1.06 bits per heavy atom. The summed E-state index contributed by atoms with van der Waals surface area (Å²) in [5, 5.41) is 4.77. The Morgan fingerprint density at radius 2 is 1.81 bits per heavy atom. The van der Waals surface area contributed by atoms with Crippen LogP contribution in [0, 0.1) is 5.82 Å². The van der Waals surface area contributed by atoms with Gasteiger partial charge in [-0.3, -0.25) is 14.9 Å². The monoisotopic (exact) mass is 436 g/mol. The highest BCUT2D eigenvalue weighted by Gasteiger charge is 2.15. The predicted octanol–water partition coefficient (Wildman–Crippen LogP) is 5.67. The molecule has 0 aliphatic heterocycles. The average Bonchev–Trinajstić information content (AvgIpc) is 3.44. The number of ketones is 1. The summed E-state index contributed by atoms with van der Waals surface area (Å²) < 4.78 is 24.5. The van der Waals surface area contributed by atoms with Crippen molar-refractivity contribution < 1.29 is 23.1 Å². The minimum Gasteiger partial charge on any atom is -0.494 e. The molecule has 31 heavy (non-hydrogen) atoms. The van der Waals surface area contributed by atoms with Gasteiger partial charge in [-0.15, -0.1) is 11.3 Å². The zero-order valence-corrected chi connectivity index (χ0v) is 17.5. The van der Waals surface area contributed by atoms with Crippen LogP contribution in [0.15, 0.2) is 64.4 Å². The van der Waals surface area contributed by atoms with E-state index < -0.39 is 11.7 Å². The minimum atomic E-state index is -0.488. The van der Waals surface area contributed by atoms with E-state index in [2.05, 4.69) is 10.3 Å². The number of methoxy groups -OCH3 is 1. The van der Waals surface area contributed by atoms with Crippen molar-refractivity contribution >= 4 is 28.2 Å². The van der Waals surface area contributed by atoms with E-state index in [1.807, 2.05) is 0 Å². The number of hydrogen-bond acceptors (Lipinski definition) is 6. The van der Waals surface area contributed by atoms with E-state index in [1.165, 1.54) is 37.5 Å². The number of thiazole rings is 1. The first-order valence-corrected chi connectivity index (χ1v) is 10.1. The molecule has 1 amide bonds. The van der Waals surface area contributed by atoms with E-state index in [0.29, 0.717) is 27.7 Å². The quantitative estimate of drug-likeness (QED) is 0.394. The SMILES string of the molecule is COc1ccc(-c2csc(NC(=O)c3ccc(-c4ccc(C(C)=O)cc4)o3)n2)cc1F. The molecule has 0 spiro atoms. The number of halogens is 1. The lowest BCUT2D eigenvalue weighted by Gasteiger charge is -2.03. The number of Topliss-reactive ketones (excluding diaryl/α,β-unsaturated/α-hetero) is 1. The lowest BCUT2D eigenvalue weighted by Crippen LogP contribution is -2.10. The molecule has 4 rings (SSSR count). The number of hydrogen-bond donors (Lipinski definition) is 1. The number of carbonyl (C=O) groups is 2. The highest BCUT2D eigenvalue weighted by molar-refractivity contribution is 7.14. The van der Waals surface area contributed by atoms with Crippen LogP contribution in [0.2, 0.25) is 0 Å². The summed E-state index contributed by atoms with van der Waals surface area (Å²) in [4.78, 5) is 28.3. The summed E-state index contributed by atoms with van der Waals surface area (Å²) in [5.74, 6) is -0.179. The van der Waals surface area contributed by atoms with Crippen molar-refractivity contribution in [2.75, 3.05) is 12.4 Å². The lowest BCUT2D eigenvalue weighted by atomic mass is 10.1. The third-order valence-corrected chi connectivity index (χ3v) is 5.34. The molecule has 0 aliphatic carbocycles. The number of nitrogens with zero attached hydrogens (tertiary/aromatic N) is 1. The van der Waals surface area contributed by atoms with Crippen LogP contribution in [-0.4, -0.2) is 23.8 Å². The summed E-state index contributed by atoms with van der Waals surface area (Å²) in [6.07, 6.45) is 0. The Labute approximate surface area is 181 Å². The van der Waals surface area contributed by atoms with E-state index in [9.17, 15) is 14.0 Å².